The van der Waals surface area contributed by atoms with Gasteiger partial charge in [-0.1, -0.05) is 45.4 Å². The molecular formula is C21H37F3O2. The van der Waals surface area contributed by atoms with E-state index in [4.69, 9.17) is 9.47 Å². The van der Waals surface area contributed by atoms with Crippen molar-refractivity contribution in [1.82, 2.24) is 0 Å². The number of rotatable bonds is 10. The van der Waals surface area contributed by atoms with Crippen molar-refractivity contribution < 1.29 is 22.6 Å². The molecule has 0 aromatic carbocycles. The average Bonchev–Trinajstić information content (AvgIpc) is 2.62. The van der Waals surface area contributed by atoms with E-state index in [9.17, 15) is 13.2 Å². The summed E-state index contributed by atoms with van der Waals surface area (Å²) in [6, 6.07) is 0. The molecule has 0 aromatic rings. The Labute approximate surface area is 157 Å². The van der Waals surface area contributed by atoms with Gasteiger partial charge in [0, 0.05) is 18.3 Å². The van der Waals surface area contributed by atoms with E-state index < -0.39 is 12.6 Å². The van der Waals surface area contributed by atoms with Gasteiger partial charge >= 0.3 is 6.18 Å². The number of unbranched alkanes of at least 4 members (excludes halogenated alkanes) is 4. The molecule has 0 amide bonds. The summed E-state index contributed by atoms with van der Waals surface area (Å²) < 4.78 is 48.4. The highest BCUT2D eigenvalue weighted by atomic mass is 19.4. The van der Waals surface area contributed by atoms with Gasteiger partial charge in [-0.3, -0.25) is 0 Å². The Morgan fingerprint density at radius 2 is 1.38 bits per heavy atom. The first kappa shape index (κ1) is 22.0. The zero-order valence-corrected chi connectivity index (χ0v) is 16.4. The van der Waals surface area contributed by atoms with E-state index in [1.165, 1.54) is 64.2 Å². The van der Waals surface area contributed by atoms with Gasteiger partial charge in [0.1, 0.15) is 0 Å². The Balaban J connectivity index is 1.54. The van der Waals surface area contributed by atoms with E-state index >= 15 is 0 Å². The molecule has 2 nitrogen and oxygen atoms in total. The molecule has 1 saturated carbocycles. The second-order valence-corrected chi connectivity index (χ2v) is 8.39. The zero-order valence-electron chi connectivity index (χ0n) is 16.4. The SMILES string of the molecule is CCCCCCCC1CCC([C@H]2OC[C@H](CCCC(F)(F)F)CO2)CC1. The first-order valence-corrected chi connectivity index (χ1v) is 10.8. The third-order valence-electron chi connectivity index (χ3n) is 6.06. The Kier molecular flexibility index (Phi) is 9.76. The van der Waals surface area contributed by atoms with E-state index in [1.807, 2.05) is 0 Å². The van der Waals surface area contributed by atoms with Crippen molar-refractivity contribution in [3.8, 4) is 0 Å². The molecule has 0 atom stereocenters. The van der Waals surface area contributed by atoms with Crippen LogP contribution >= 0.6 is 0 Å². The molecule has 0 spiro atoms. The molecule has 2 fully saturated rings. The fraction of sp³-hybridized carbons (Fsp3) is 1.00. The maximum atomic E-state index is 12.2. The minimum absolute atomic E-state index is 0.119. The summed E-state index contributed by atoms with van der Waals surface area (Å²) in [5, 5.41) is 0. The van der Waals surface area contributed by atoms with Gasteiger partial charge in [0.25, 0.3) is 0 Å². The van der Waals surface area contributed by atoms with Crippen LogP contribution in [0.4, 0.5) is 13.2 Å². The second-order valence-electron chi connectivity index (χ2n) is 8.39. The van der Waals surface area contributed by atoms with Gasteiger partial charge in [-0.15, -0.1) is 0 Å². The van der Waals surface area contributed by atoms with Crippen molar-refractivity contribution >= 4 is 0 Å². The lowest BCUT2D eigenvalue weighted by Gasteiger charge is -2.37. The van der Waals surface area contributed by atoms with Crippen LogP contribution in [0.2, 0.25) is 0 Å². The third kappa shape index (κ3) is 8.60. The third-order valence-corrected chi connectivity index (χ3v) is 6.06. The summed E-state index contributed by atoms with van der Waals surface area (Å²) in [7, 11) is 0. The smallest absolute Gasteiger partial charge is 0.352 e. The number of alkyl halides is 3. The number of ether oxygens (including phenoxy) is 2. The molecular weight excluding hydrogens is 341 g/mol. The van der Waals surface area contributed by atoms with Gasteiger partial charge in [0.15, 0.2) is 6.29 Å². The lowest BCUT2D eigenvalue weighted by molar-refractivity contribution is -0.230. The first-order chi connectivity index (χ1) is 12.5. The van der Waals surface area contributed by atoms with E-state index in [0.29, 0.717) is 25.6 Å². The number of hydrogen-bond donors (Lipinski definition) is 0. The van der Waals surface area contributed by atoms with Crippen molar-refractivity contribution in [2.24, 2.45) is 17.8 Å². The second kappa shape index (κ2) is 11.5. The molecule has 0 unspecified atom stereocenters. The van der Waals surface area contributed by atoms with Crippen molar-refractivity contribution in [2.45, 2.75) is 103 Å². The van der Waals surface area contributed by atoms with Crippen LogP contribution in [-0.4, -0.2) is 25.7 Å². The van der Waals surface area contributed by atoms with Crippen molar-refractivity contribution in [2.75, 3.05) is 13.2 Å². The van der Waals surface area contributed by atoms with Gasteiger partial charge < -0.3 is 9.47 Å². The molecule has 0 radical (unpaired) electrons. The van der Waals surface area contributed by atoms with Gasteiger partial charge in [-0.25, -0.2) is 0 Å². The summed E-state index contributed by atoms with van der Waals surface area (Å²) in [4.78, 5) is 0. The number of halogens is 3. The Bertz CT molecular complexity index is 357. The maximum absolute atomic E-state index is 12.2. The molecule has 5 heteroatoms. The Morgan fingerprint density at radius 3 is 2.00 bits per heavy atom. The van der Waals surface area contributed by atoms with E-state index in [0.717, 1.165) is 5.92 Å². The minimum atomic E-state index is -4.05. The van der Waals surface area contributed by atoms with Crippen LogP contribution in [-0.2, 0) is 9.47 Å². The molecule has 0 N–H and O–H groups in total. The minimum Gasteiger partial charge on any atom is -0.352 e. The molecule has 1 saturated heterocycles. The lowest BCUT2D eigenvalue weighted by Crippen LogP contribution is -2.38. The molecule has 2 rings (SSSR count). The largest absolute Gasteiger partial charge is 0.389 e. The lowest BCUT2D eigenvalue weighted by atomic mass is 9.79. The molecule has 1 aliphatic carbocycles. The predicted molar refractivity (Wildman–Crippen MR) is 97.9 cm³/mol. The molecule has 1 heterocycles. The normalized spacial score (nSPS) is 30.5. The molecule has 154 valence electrons. The fourth-order valence-corrected chi connectivity index (χ4v) is 4.37. The number of hydrogen-bond acceptors (Lipinski definition) is 2. The van der Waals surface area contributed by atoms with Crippen LogP contribution in [0, 0.1) is 17.8 Å². The summed E-state index contributed by atoms with van der Waals surface area (Å²) in [5.41, 5.74) is 0. The van der Waals surface area contributed by atoms with Gasteiger partial charge in [-0.2, -0.15) is 13.2 Å². The Hall–Kier alpha value is -0.290. The van der Waals surface area contributed by atoms with Crippen LogP contribution < -0.4 is 0 Å². The van der Waals surface area contributed by atoms with Gasteiger partial charge in [0.2, 0.25) is 0 Å². The van der Waals surface area contributed by atoms with Crippen LogP contribution in [0.5, 0.6) is 0 Å². The zero-order chi connectivity index (χ0) is 18.8. The highest BCUT2D eigenvalue weighted by Crippen LogP contribution is 2.36. The van der Waals surface area contributed by atoms with E-state index in [-0.39, 0.29) is 18.6 Å². The first-order valence-electron chi connectivity index (χ1n) is 10.8. The van der Waals surface area contributed by atoms with Crippen LogP contribution in [0.3, 0.4) is 0 Å². The van der Waals surface area contributed by atoms with Crippen molar-refractivity contribution in [3.05, 3.63) is 0 Å². The summed E-state index contributed by atoms with van der Waals surface area (Å²) in [6.07, 6.45) is 8.87. The standard InChI is InChI=1S/C21H37F3O2/c1-2-3-4-5-6-8-17-10-12-19(13-11-17)20-25-15-18(16-26-20)9-7-14-21(22,23)24/h17-20H,2-16H2,1H3/t17?,18-,19?,20-. The summed E-state index contributed by atoms with van der Waals surface area (Å²) in [5.74, 6) is 1.46. The van der Waals surface area contributed by atoms with Crippen LogP contribution in [0.15, 0.2) is 0 Å². The van der Waals surface area contributed by atoms with Gasteiger partial charge in [0.05, 0.1) is 13.2 Å². The molecule has 1 aliphatic heterocycles. The molecule has 0 bridgehead atoms. The van der Waals surface area contributed by atoms with Crippen LogP contribution in [0.25, 0.3) is 0 Å². The highest BCUT2D eigenvalue weighted by molar-refractivity contribution is 4.77. The highest BCUT2D eigenvalue weighted by Gasteiger charge is 2.33. The maximum Gasteiger partial charge on any atom is 0.389 e. The molecule has 26 heavy (non-hydrogen) atoms. The van der Waals surface area contributed by atoms with E-state index in [1.54, 1.807) is 0 Å². The molecule has 2 aliphatic rings. The van der Waals surface area contributed by atoms with Crippen molar-refractivity contribution in [3.63, 3.8) is 0 Å². The predicted octanol–water partition coefficient (Wildman–Crippen LogP) is 6.88. The summed E-state index contributed by atoms with van der Waals surface area (Å²) in [6.45, 7) is 3.36. The van der Waals surface area contributed by atoms with E-state index in [2.05, 4.69) is 6.92 Å². The summed E-state index contributed by atoms with van der Waals surface area (Å²) >= 11 is 0. The molecule has 0 aromatic heterocycles. The fourth-order valence-electron chi connectivity index (χ4n) is 4.37. The Morgan fingerprint density at radius 1 is 0.769 bits per heavy atom. The topological polar surface area (TPSA) is 18.5 Å². The average molecular weight is 379 g/mol. The monoisotopic (exact) mass is 378 g/mol. The van der Waals surface area contributed by atoms with Crippen molar-refractivity contribution in [1.29, 1.82) is 0 Å². The van der Waals surface area contributed by atoms with Gasteiger partial charge in [-0.05, 0) is 44.4 Å². The quantitative estimate of drug-likeness (QED) is 0.386. The van der Waals surface area contributed by atoms with Crippen LogP contribution in [0.1, 0.15) is 90.4 Å².